The molecule has 9 aromatic carbocycles. The third-order valence-corrected chi connectivity index (χ3v) is 20.3. The zero-order valence-corrected chi connectivity index (χ0v) is 40.9. The van der Waals surface area contributed by atoms with Crippen molar-refractivity contribution in [2.45, 2.75) is 48.5 Å². The van der Waals surface area contributed by atoms with Gasteiger partial charge in [0.25, 0.3) is 0 Å². The molecule has 0 fully saturated rings. The molecular weight excluding hydrogens is 821 g/mol. The summed E-state index contributed by atoms with van der Waals surface area (Å²) in [6, 6.07) is 82.4. The molecule has 1 atom stereocenters. The van der Waals surface area contributed by atoms with E-state index < -0.39 is 8.07 Å². The Bertz CT molecular complexity index is 2990. The summed E-state index contributed by atoms with van der Waals surface area (Å²) in [7, 11) is -3.82. The quantitative estimate of drug-likeness (QED) is 0.0948. The van der Waals surface area contributed by atoms with Crippen molar-refractivity contribution in [1.29, 1.82) is 0 Å². The summed E-state index contributed by atoms with van der Waals surface area (Å²) in [5.41, 5.74) is 23.3. The molecule has 1 unspecified atom stereocenters. The first-order valence-corrected chi connectivity index (χ1v) is 25.9. The lowest BCUT2D eigenvalue weighted by Crippen LogP contribution is -2.72. The monoisotopic (exact) mass is 878 g/mol. The maximum atomic E-state index is 2.52. The van der Waals surface area contributed by atoms with Gasteiger partial charge < -0.3 is 0 Å². The predicted molar refractivity (Wildman–Crippen MR) is 291 cm³/mol. The summed E-state index contributed by atoms with van der Waals surface area (Å²) in [6.45, 7) is 16.8. The van der Waals surface area contributed by atoms with E-state index in [2.05, 4.69) is 267 Å². The zero-order valence-electron chi connectivity index (χ0n) is 39.9. The van der Waals surface area contributed by atoms with Crippen LogP contribution in [0.1, 0.15) is 44.4 Å². The Morgan fingerprint density at radius 3 is 0.776 bits per heavy atom. The van der Waals surface area contributed by atoms with Gasteiger partial charge in [-0.05, 0) is 152 Å². The number of benzene rings is 9. The topological polar surface area (TPSA) is 0 Å². The van der Waals surface area contributed by atoms with Crippen LogP contribution in [0, 0.1) is 26.7 Å². The average Bonchev–Trinajstić information content (AvgIpc) is 3.57. The fourth-order valence-corrected chi connectivity index (χ4v) is 18.8. The van der Waals surface area contributed by atoms with Gasteiger partial charge in [-0.1, -0.05) is 242 Å². The van der Waals surface area contributed by atoms with Crippen LogP contribution in [0.25, 0.3) is 66.8 Å². The zero-order chi connectivity index (χ0) is 46.2. The molecule has 0 spiro atoms. The molecule has 0 N–H and O–H groups in total. The molecule has 9 aromatic rings. The Kier molecular flexibility index (Phi) is 11.8. The first kappa shape index (κ1) is 43.6. The highest BCUT2D eigenvalue weighted by Crippen LogP contribution is 2.48. The average molecular weight is 879 g/mol. The van der Waals surface area contributed by atoms with Gasteiger partial charge in [0.2, 0.25) is 0 Å². The minimum atomic E-state index is -3.82. The second kappa shape index (κ2) is 18.2. The molecule has 1 aliphatic rings. The molecule has 0 radical (unpaired) electrons. The second-order valence-electron chi connectivity index (χ2n) is 18.6. The molecular formula is C66H58Si. The number of hydrogen-bond acceptors (Lipinski definition) is 0. The maximum absolute atomic E-state index is 3.82. The van der Waals surface area contributed by atoms with Crippen LogP contribution in [0.5, 0.6) is 0 Å². The molecule has 0 saturated carbocycles. The lowest BCUT2D eigenvalue weighted by Gasteiger charge is -2.46. The Morgan fingerprint density at radius 1 is 0.284 bits per heavy atom. The lowest BCUT2D eigenvalue weighted by molar-refractivity contribution is 0.852. The van der Waals surface area contributed by atoms with Gasteiger partial charge >= 0.3 is 0 Å². The molecule has 0 saturated heterocycles. The summed E-state index contributed by atoms with van der Waals surface area (Å²) in [5.74, 6) is 0.139. The third kappa shape index (κ3) is 7.39. The molecule has 10 rings (SSSR count). The van der Waals surface area contributed by atoms with Gasteiger partial charge in [0.05, 0.1) is 0 Å². The summed E-state index contributed by atoms with van der Waals surface area (Å²) in [5, 5.41) is 5.87. The standard InChI is InChI=1S/C66H58Si/c1-44-38-41-57(51-26-14-8-15-27-51)64(60(44)54-32-20-11-21-33-54)67(63-49(6)47(4)48(5)50(63)7,65-58(52-28-16-9-17-29-52)42-39-45(2)61(65)55-34-22-12-23-35-55)66-59(53-30-18-10-19-31-53)43-40-46(3)62(66)56-36-24-13-25-37-56/h8-43,49H,1-7H3. The van der Waals surface area contributed by atoms with Crippen LogP contribution in [0.4, 0.5) is 0 Å². The van der Waals surface area contributed by atoms with Crippen LogP contribution in [0.3, 0.4) is 0 Å². The Morgan fingerprint density at radius 2 is 0.537 bits per heavy atom. The molecule has 0 amide bonds. The van der Waals surface area contributed by atoms with Crippen LogP contribution in [-0.2, 0) is 0 Å². The van der Waals surface area contributed by atoms with Crippen LogP contribution in [-0.4, -0.2) is 8.07 Å². The maximum Gasteiger partial charge on any atom is 0.180 e. The molecule has 0 aromatic heterocycles. The van der Waals surface area contributed by atoms with E-state index in [9.17, 15) is 0 Å². The van der Waals surface area contributed by atoms with Crippen molar-refractivity contribution in [3.8, 4) is 66.8 Å². The van der Waals surface area contributed by atoms with E-state index in [-0.39, 0.29) is 5.92 Å². The van der Waals surface area contributed by atoms with Crippen molar-refractivity contribution in [3.05, 3.63) is 257 Å². The normalized spacial score (nSPS) is 13.9. The van der Waals surface area contributed by atoms with Crippen LogP contribution in [0.15, 0.2) is 240 Å². The molecule has 0 aliphatic heterocycles. The van der Waals surface area contributed by atoms with Gasteiger partial charge in [-0.3, -0.25) is 0 Å². The molecule has 0 heterocycles. The van der Waals surface area contributed by atoms with Gasteiger partial charge in [-0.15, -0.1) is 0 Å². The van der Waals surface area contributed by atoms with Gasteiger partial charge in [0.1, 0.15) is 0 Å². The summed E-state index contributed by atoms with van der Waals surface area (Å²) >= 11 is 0. The second-order valence-corrected chi connectivity index (χ2v) is 22.1. The van der Waals surface area contributed by atoms with Crippen LogP contribution in [0.2, 0.25) is 0 Å². The SMILES string of the molecule is CC1=C(C)C(C)C([Si](c2c(-c3ccccc3)ccc(C)c2-c2ccccc2)(c2c(-c3ccccc3)ccc(C)c2-c2ccccc2)c2c(-c3ccccc3)ccc(C)c2-c2ccccc2)=C1C. The van der Waals surface area contributed by atoms with Crippen molar-refractivity contribution < 1.29 is 0 Å². The molecule has 326 valence electrons. The van der Waals surface area contributed by atoms with Gasteiger partial charge in [-0.2, -0.15) is 0 Å². The van der Waals surface area contributed by atoms with Crippen molar-refractivity contribution in [1.82, 2.24) is 0 Å². The molecule has 1 aliphatic carbocycles. The Labute approximate surface area is 399 Å². The predicted octanol–water partition coefficient (Wildman–Crippen LogP) is 15.9. The lowest BCUT2D eigenvalue weighted by atomic mass is 9.93. The van der Waals surface area contributed by atoms with E-state index in [0.29, 0.717) is 0 Å². The summed E-state index contributed by atoms with van der Waals surface area (Å²) in [4.78, 5) is 0. The van der Waals surface area contributed by atoms with E-state index in [1.165, 1.54) is 116 Å². The Hall–Kier alpha value is -7.32. The number of aryl methyl sites for hydroxylation is 3. The third-order valence-electron chi connectivity index (χ3n) is 14.9. The highest BCUT2D eigenvalue weighted by atomic mass is 28.3. The largest absolute Gasteiger partial charge is 0.180 e. The first-order valence-electron chi connectivity index (χ1n) is 23.9. The first-order chi connectivity index (χ1) is 32.7. The van der Waals surface area contributed by atoms with E-state index in [1.54, 1.807) is 5.20 Å². The number of rotatable bonds is 10. The molecule has 1 heteroatoms. The minimum absolute atomic E-state index is 0.139. The van der Waals surface area contributed by atoms with E-state index >= 15 is 0 Å². The van der Waals surface area contributed by atoms with Crippen molar-refractivity contribution in [3.63, 3.8) is 0 Å². The highest BCUT2D eigenvalue weighted by molar-refractivity contribution is 7.19. The summed E-state index contributed by atoms with van der Waals surface area (Å²) in [6.07, 6.45) is 0. The fraction of sp³-hybridized carbons (Fsp3) is 0.121. The van der Waals surface area contributed by atoms with Gasteiger partial charge in [-0.25, -0.2) is 0 Å². The molecule has 0 nitrogen and oxygen atoms in total. The van der Waals surface area contributed by atoms with Gasteiger partial charge in [0, 0.05) is 0 Å². The van der Waals surface area contributed by atoms with Crippen molar-refractivity contribution in [2.24, 2.45) is 5.92 Å². The van der Waals surface area contributed by atoms with E-state index in [0.717, 1.165) is 0 Å². The fourth-order valence-electron chi connectivity index (χ4n) is 11.5. The van der Waals surface area contributed by atoms with Crippen LogP contribution < -0.4 is 15.6 Å². The van der Waals surface area contributed by atoms with Crippen molar-refractivity contribution >= 4 is 23.6 Å². The number of hydrogen-bond donors (Lipinski definition) is 0. The summed E-state index contributed by atoms with van der Waals surface area (Å²) < 4.78 is 0. The molecule has 0 bridgehead atoms. The Balaban J connectivity index is 1.64. The van der Waals surface area contributed by atoms with E-state index in [4.69, 9.17) is 0 Å². The van der Waals surface area contributed by atoms with Crippen LogP contribution >= 0.6 is 0 Å². The highest BCUT2D eigenvalue weighted by Gasteiger charge is 2.55. The van der Waals surface area contributed by atoms with E-state index in [1.807, 2.05) is 0 Å². The van der Waals surface area contributed by atoms with Crippen molar-refractivity contribution in [2.75, 3.05) is 0 Å². The van der Waals surface area contributed by atoms with Gasteiger partial charge in [0.15, 0.2) is 8.07 Å². The minimum Gasteiger partial charge on any atom is -0.0636 e. The smallest absolute Gasteiger partial charge is 0.0636 e. The molecule has 67 heavy (non-hydrogen) atoms. The number of allylic oxidation sites excluding steroid dienone is 4.